The van der Waals surface area contributed by atoms with E-state index in [9.17, 15) is 9.35 Å². The van der Waals surface area contributed by atoms with Crippen molar-refractivity contribution in [1.82, 2.24) is 15.3 Å². The molecule has 3 heterocycles. The minimum atomic E-state index is -1.19. The second-order valence-electron chi connectivity index (χ2n) is 10.8. The normalized spacial score (nSPS) is 20.6. The minimum absolute atomic E-state index is 0.0633. The number of nitrogens with one attached hydrogen (secondary N) is 1. The highest BCUT2D eigenvalue weighted by Crippen LogP contribution is 2.44. The van der Waals surface area contributed by atoms with Gasteiger partial charge in [-0.25, -0.2) is 14.8 Å². The molecule has 1 fully saturated rings. The highest BCUT2D eigenvalue weighted by atomic mass is 32.2. The fourth-order valence-corrected chi connectivity index (χ4v) is 4.68. The third kappa shape index (κ3) is 5.55. The number of morpholine rings is 1. The Morgan fingerprint density at radius 2 is 1.86 bits per heavy atom. The van der Waals surface area contributed by atoms with E-state index < -0.39 is 27.6 Å². The number of aromatic nitrogens is 2. The minimum Gasteiger partial charge on any atom is -0.616 e. The van der Waals surface area contributed by atoms with Crippen LogP contribution in [0.25, 0.3) is 11.4 Å². The van der Waals surface area contributed by atoms with Crippen LogP contribution in [0.1, 0.15) is 52.8 Å². The smallest absolute Gasteiger partial charge is 0.407 e. The van der Waals surface area contributed by atoms with Crippen LogP contribution in [-0.2, 0) is 31.9 Å². The first-order valence-electron chi connectivity index (χ1n) is 12.2. The van der Waals surface area contributed by atoms with E-state index in [1.165, 1.54) is 0 Å². The maximum absolute atomic E-state index is 12.7. The zero-order chi connectivity index (χ0) is 26.3. The Morgan fingerprint density at radius 3 is 2.50 bits per heavy atom. The van der Waals surface area contributed by atoms with Gasteiger partial charge < -0.3 is 29.0 Å². The van der Waals surface area contributed by atoms with Crippen LogP contribution in [0.15, 0.2) is 24.3 Å². The molecule has 4 rings (SSSR count). The molecular weight excluding hydrogens is 480 g/mol. The molecule has 3 atom stereocenters. The van der Waals surface area contributed by atoms with E-state index in [0.717, 1.165) is 16.9 Å². The predicted octanol–water partition coefficient (Wildman–Crippen LogP) is 3.77. The van der Waals surface area contributed by atoms with Gasteiger partial charge in [0.2, 0.25) is 0 Å². The summed E-state index contributed by atoms with van der Waals surface area (Å²) in [7, 11) is 0. The summed E-state index contributed by atoms with van der Waals surface area (Å²) in [6.07, 6.45) is 1.22. The van der Waals surface area contributed by atoms with Crippen LogP contribution in [0.5, 0.6) is 5.75 Å². The van der Waals surface area contributed by atoms with Gasteiger partial charge in [0.1, 0.15) is 17.9 Å². The lowest BCUT2D eigenvalue weighted by Crippen LogP contribution is -2.56. The highest BCUT2D eigenvalue weighted by molar-refractivity contribution is 7.91. The summed E-state index contributed by atoms with van der Waals surface area (Å²) in [5, 5.41) is 2.77. The van der Waals surface area contributed by atoms with Gasteiger partial charge in [0.15, 0.2) is 22.1 Å². The van der Waals surface area contributed by atoms with Crippen molar-refractivity contribution in [3.05, 3.63) is 35.5 Å². The Labute approximate surface area is 216 Å². The number of carbonyl (C=O) groups is 1. The zero-order valence-electron chi connectivity index (χ0n) is 22.1. The average Bonchev–Trinajstić information content (AvgIpc) is 2.81. The number of rotatable bonds is 5. The van der Waals surface area contributed by atoms with Crippen molar-refractivity contribution >= 4 is 23.1 Å². The standard InChI is InChI=1S/C26H36N4O5S/c1-16-13-33-14-19-15-34-20-21(26(5,6)36(7)32)28-22(29-23(20)30(16)19)18-10-8-17(9-11-18)12-27-24(31)35-25(2,3)4/h8-11,16,19H,12-15H2,1-7H3,(H,27,31)/t16-,19+,36?/m1/s1. The Morgan fingerprint density at radius 1 is 1.17 bits per heavy atom. The summed E-state index contributed by atoms with van der Waals surface area (Å²) in [6, 6.07) is 7.89. The molecule has 0 radical (unpaired) electrons. The molecule has 36 heavy (non-hydrogen) atoms. The number of hydrogen-bond donors (Lipinski definition) is 1. The van der Waals surface area contributed by atoms with Crippen molar-refractivity contribution in [2.24, 2.45) is 0 Å². The molecule has 196 valence electrons. The van der Waals surface area contributed by atoms with E-state index in [0.29, 0.717) is 43.6 Å². The molecule has 2 aliphatic rings. The largest absolute Gasteiger partial charge is 0.616 e. The Bertz CT molecular complexity index is 1100. The maximum Gasteiger partial charge on any atom is 0.407 e. The molecule has 0 bridgehead atoms. The summed E-state index contributed by atoms with van der Waals surface area (Å²) < 4.78 is 29.2. The summed E-state index contributed by atoms with van der Waals surface area (Å²) in [4.78, 5) is 24.1. The first-order chi connectivity index (χ1) is 16.9. The van der Waals surface area contributed by atoms with Crippen LogP contribution in [0.4, 0.5) is 10.6 Å². The van der Waals surface area contributed by atoms with Crippen LogP contribution in [0.3, 0.4) is 0 Å². The molecule has 1 saturated heterocycles. The third-order valence-electron chi connectivity index (χ3n) is 6.39. The van der Waals surface area contributed by atoms with Crippen molar-refractivity contribution in [1.29, 1.82) is 0 Å². The maximum atomic E-state index is 12.7. The molecule has 2 aliphatic heterocycles. The molecule has 2 aromatic rings. The zero-order valence-corrected chi connectivity index (χ0v) is 22.9. The third-order valence-corrected chi connectivity index (χ3v) is 8.02. The van der Waals surface area contributed by atoms with Gasteiger partial charge in [-0.15, -0.1) is 0 Å². The van der Waals surface area contributed by atoms with Crippen LogP contribution in [0, 0.1) is 0 Å². The molecular formula is C26H36N4O5S. The van der Waals surface area contributed by atoms with E-state index in [2.05, 4.69) is 17.1 Å². The van der Waals surface area contributed by atoms with Gasteiger partial charge in [-0.05, 0) is 58.3 Å². The monoisotopic (exact) mass is 516 g/mol. The van der Waals surface area contributed by atoms with Crippen LogP contribution < -0.4 is 15.0 Å². The summed E-state index contributed by atoms with van der Waals surface area (Å²) in [6.45, 7) is 13.4. The lowest BCUT2D eigenvalue weighted by molar-refractivity contribution is 0.0482. The SMILES string of the molecule is C[C@@H]1COC[C@H]2COc3c(nc(-c4ccc(CNC(=O)OC(C)(C)C)cc4)nc3C(C)(C)[S+](C)[O-])N21. The lowest BCUT2D eigenvalue weighted by Gasteiger charge is -2.45. The van der Waals surface area contributed by atoms with E-state index in [4.69, 9.17) is 24.2 Å². The fourth-order valence-electron chi connectivity index (χ4n) is 4.26. The van der Waals surface area contributed by atoms with Gasteiger partial charge in [-0.2, -0.15) is 0 Å². The molecule has 0 saturated carbocycles. The van der Waals surface area contributed by atoms with Gasteiger partial charge in [0, 0.05) is 12.1 Å². The number of ether oxygens (including phenoxy) is 3. The number of fused-ring (bicyclic) bond motifs is 3. The molecule has 1 aromatic heterocycles. The number of anilines is 1. The number of hydrogen-bond acceptors (Lipinski definition) is 8. The number of amides is 1. The molecule has 1 N–H and O–H groups in total. The van der Waals surface area contributed by atoms with E-state index in [1.54, 1.807) is 6.26 Å². The molecule has 10 heteroatoms. The van der Waals surface area contributed by atoms with Crippen molar-refractivity contribution in [3.8, 4) is 17.1 Å². The summed E-state index contributed by atoms with van der Waals surface area (Å²) in [5.41, 5.74) is 1.83. The summed E-state index contributed by atoms with van der Waals surface area (Å²) >= 11 is -1.19. The fraction of sp³-hybridized carbons (Fsp3) is 0.577. The predicted molar refractivity (Wildman–Crippen MR) is 140 cm³/mol. The number of carbonyl (C=O) groups excluding carboxylic acids is 1. The number of alkyl carbamates (subject to hydrolysis) is 1. The van der Waals surface area contributed by atoms with Crippen molar-refractivity contribution < 1.29 is 23.6 Å². The van der Waals surface area contributed by atoms with Crippen molar-refractivity contribution in [3.63, 3.8) is 0 Å². The second kappa shape index (κ2) is 10.1. The van der Waals surface area contributed by atoms with E-state index >= 15 is 0 Å². The number of nitrogens with zero attached hydrogens (tertiary/aromatic N) is 3. The van der Waals surface area contributed by atoms with E-state index in [1.807, 2.05) is 58.9 Å². The van der Waals surface area contributed by atoms with Crippen LogP contribution >= 0.6 is 0 Å². The van der Waals surface area contributed by atoms with Gasteiger partial charge in [0.05, 0.1) is 31.6 Å². The van der Waals surface area contributed by atoms with E-state index in [-0.39, 0.29) is 12.1 Å². The number of benzene rings is 1. The highest BCUT2D eigenvalue weighted by Gasteiger charge is 2.43. The Balaban J connectivity index is 1.67. The van der Waals surface area contributed by atoms with Gasteiger partial charge >= 0.3 is 6.09 Å². The quantitative estimate of drug-likeness (QED) is 0.599. The average molecular weight is 517 g/mol. The molecule has 1 amide bonds. The molecule has 1 unspecified atom stereocenters. The van der Waals surface area contributed by atoms with Crippen LogP contribution in [-0.4, -0.2) is 64.4 Å². The first kappa shape index (κ1) is 26.5. The summed E-state index contributed by atoms with van der Waals surface area (Å²) in [5.74, 6) is 1.86. The van der Waals surface area contributed by atoms with Gasteiger partial charge in [-0.1, -0.05) is 24.3 Å². The molecule has 0 spiro atoms. The second-order valence-corrected chi connectivity index (χ2v) is 12.8. The van der Waals surface area contributed by atoms with Gasteiger partial charge in [-0.3, -0.25) is 0 Å². The van der Waals surface area contributed by atoms with Crippen molar-refractivity contribution in [2.45, 2.75) is 70.5 Å². The Kier molecular flexibility index (Phi) is 7.41. The van der Waals surface area contributed by atoms with Crippen molar-refractivity contribution in [2.75, 3.05) is 31.0 Å². The lowest BCUT2D eigenvalue weighted by atomic mass is 10.0. The Hall–Kier alpha value is -2.56. The van der Waals surface area contributed by atoms with Crippen LogP contribution in [0.2, 0.25) is 0 Å². The molecule has 1 aromatic carbocycles. The first-order valence-corrected chi connectivity index (χ1v) is 13.7. The topological polar surface area (TPSA) is 109 Å². The molecule has 9 nitrogen and oxygen atoms in total. The molecule has 0 aliphatic carbocycles. The van der Waals surface area contributed by atoms with Gasteiger partial charge in [0.25, 0.3) is 0 Å².